The molecule has 116 valence electrons. The molecule has 0 unspecified atom stereocenters. The van der Waals surface area contributed by atoms with Gasteiger partial charge >= 0.3 is 0 Å². The molecule has 2 aliphatic carbocycles. The molecule has 2 saturated carbocycles. The van der Waals surface area contributed by atoms with Gasteiger partial charge in [0.2, 0.25) is 0 Å². The van der Waals surface area contributed by atoms with E-state index in [1.54, 1.807) is 12.1 Å². The van der Waals surface area contributed by atoms with E-state index in [0.29, 0.717) is 5.41 Å². The molecule has 0 saturated heterocycles. The molecule has 2 heteroatoms. The third kappa shape index (κ3) is 3.01. The summed E-state index contributed by atoms with van der Waals surface area (Å²) >= 11 is 0. The minimum Gasteiger partial charge on any atom is -0.316 e. The van der Waals surface area contributed by atoms with Crippen LogP contribution < -0.4 is 5.32 Å². The number of halogens is 1. The summed E-state index contributed by atoms with van der Waals surface area (Å²) in [4.78, 5) is 0. The maximum absolute atomic E-state index is 13.7. The summed E-state index contributed by atoms with van der Waals surface area (Å²) in [5, 5.41) is 3.52. The zero-order chi connectivity index (χ0) is 14.8. The SMILES string of the molecule is CCNCC1(c2cccc(F)c2)CC2(CCCCCC2)C1. The van der Waals surface area contributed by atoms with Crippen LogP contribution in [0.3, 0.4) is 0 Å². The van der Waals surface area contributed by atoms with Crippen LogP contribution in [-0.4, -0.2) is 13.1 Å². The highest BCUT2D eigenvalue weighted by atomic mass is 19.1. The average molecular weight is 289 g/mol. The molecule has 0 radical (unpaired) electrons. The van der Waals surface area contributed by atoms with Crippen LogP contribution in [0.2, 0.25) is 0 Å². The second-order valence-corrected chi connectivity index (χ2v) is 7.34. The first kappa shape index (κ1) is 15.0. The lowest BCUT2D eigenvalue weighted by molar-refractivity contribution is 0.00627. The van der Waals surface area contributed by atoms with Gasteiger partial charge in [0.1, 0.15) is 5.82 Å². The molecule has 1 nitrogen and oxygen atoms in total. The van der Waals surface area contributed by atoms with Crippen molar-refractivity contribution < 1.29 is 4.39 Å². The molecule has 0 amide bonds. The Labute approximate surface area is 128 Å². The molecule has 1 spiro atoms. The summed E-state index contributed by atoms with van der Waals surface area (Å²) in [6, 6.07) is 7.33. The zero-order valence-corrected chi connectivity index (χ0v) is 13.3. The van der Waals surface area contributed by atoms with Crippen molar-refractivity contribution in [2.45, 2.75) is 63.7 Å². The first-order valence-electron chi connectivity index (χ1n) is 8.65. The van der Waals surface area contributed by atoms with Crippen LogP contribution in [0.4, 0.5) is 4.39 Å². The Balaban J connectivity index is 1.80. The van der Waals surface area contributed by atoms with Gasteiger partial charge in [0.15, 0.2) is 0 Å². The molecular weight excluding hydrogens is 261 g/mol. The van der Waals surface area contributed by atoms with Crippen LogP contribution >= 0.6 is 0 Å². The largest absolute Gasteiger partial charge is 0.316 e. The fourth-order valence-electron chi connectivity index (χ4n) is 4.83. The third-order valence-corrected chi connectivity index (χ3v) is 5.74. The van der Waals surface area contributed by atoms with Gasteiger partial charge in [-0.1, -0.05) is 44.7 Å². The van der Waals surface area contributed by atoms with E-state index in [1.165, 1.54) is 56.9 Å². The van der Waals surface area contributed by atoms with Gasteiger partial charge in [0.05, 0.1) is 0 Å². The number of nitrogens with one attached hydrogen (secondary N) is 1. The van der Waals surface area contributed by atoms with Crippen molar-refractivity contribution in [2.75, 3.05) is 13.1 Å². The molecule has 0 aliphatic heterocycles. The van der Waals surface area contributed by atoms with Crippen LogP contribution in [0.15, 0.2) is 24.3 Å². The quantitative estimate of drug-likeness (QED) is 0.839. The van der Waals surface area contributed by atoms with E-state index in [4.69, 9.17) is 0 Å². The molecule has 0 bridgehead atoms. The van der Waals surface area contributed by atoms with Crippen molar-refractivity contribution in [1.29, 1.82) is 0 Å². The first-order chi connectivity index (χ1) is 10.2. The normalized spacial score (nSPS) is 23.5. The van der Waals surface area contributed by atoms with Crippen molar-refractivity contribution in [3.05, 3.63) is 35.6 Å². The van der Waals surface area contributed by atoms with Crippen molar-refractivity contribution in [3.8, 4) is 0 Å². The van der Waals surface area contributed by atoms with Gasteiger partial charge in [-0.25, -0.2) is 4.39 Å². The molecule has 1 aromatic rings. The maximum Gasteiger partial charge on any atom is 0.123 e. The Morgan fingerprint density at radius 3 is 2.43 bits per heavy atom. The van der Waals surface area contributed by atoms with Crippen LogP contribution in [0.1, 0.15) is 63.9 Å². The molecule has 1 N–H and O–H groups in total. The summed E-state index contributed by atoms with van der Waals surface area (Å²) in [6.45, 7) is 4.14. The summed E-state index contributed by atoms with van der Waals surface area (Å²) in [5.41, 5.74) is 1.93. The smallest absolute Gasteiger partial charge is 0.123 e. The van der Waals surface area contributed by atoms with E-state index >= 15 is 0 Å². The zero-order valence-electron chi connectivity index (χ0n) is 13.3. The molecule has 1 aromatic carbocycles. The van der Waals surface area contributed by atoms with Crippen LogP contribution in [0, 0.1) is 11.2 Å². The van der Waals surface area contributed by atoms with E-state index in [9.17, 15) is 4.39 Å². The summed E-state index contributed by atoms with van der Waals surface area (Å²) in [7, 11) is 0. The third-order valence-electron chi connectivity index (χ3n) is 5.74. The van der Waals surface area contributed by atoms with Crippen molar-refractivity contribution in [1.82, 2.24) is 5.32 Å². The standard InChI is InChI=1S/C19H28FN/c1-2-21-15-19(16-8-7-9-17(20)12-16)13-18(14-19)10-5-3-4-6-11-18/h7-9,12,21H,2-6,10-11,13-15H2,1H3. The van der Waals surface area contributed by atoms with E-state index in [1.807, 2.05) is 6.07 Å². The van der Waals surface area contributed by atoms with Gasteiger partial charge in [-0.3, -0.25) is 0 Å². The van der Waals surface area contributed by atoms with Gasteiger partial charge in [0.25, 0.3) is 0 Å². The second-order valence-electron chi connectivity index (χ2n) is 7.34. The van der Waals surface area contributed by atoms with Crippen molar-refractivity contribution in [3.63, 3.8) is 0 Å². The van der Waals surface area contributed by atoms with E-state index in [0.717, 1.165) is 13.1 Å². The van der Waals surface area contributed by atoms with E-state index < -0.39 is 0 Å². The van der Waals surface area contributed by atoms with Gasteiger partial charge < -0.3 is 5.32 Å². The predicted octanol–water partition coefficient (Wildman–Crippen LogP) is 4.81. The predicted molar refractivity (Wildman–Crippen MR) is 86.0 cm³/mol. The molecule has 0 aromatic heterocycles. The van der Waals surface area contributed by atoms with E-state index in [-0.39, 0.29) is 11.2 Å². The number of hydrogen-bond acceptors (Lipinski definition) is 1. The van der Waals surface area contributed by atoms with Crippen LogP contribution in [0.25, 0.3) is 0 Å². The van der Waals surface area contributed by atoms with Gasteiger partial charge in [-0.15, -0.1) is 0 Å². The summed E-state index contributed by atoms with van der Waals surface area (Å²) in [5.74, 6) is -0.0924. The second kappa shape index (κ2) is 6.08. The molecule has 0 heterocycles. The maximum atomic E-state index is 13.7. The monoisotopic (exact) mass is 289 g/mol. The minimum atomic E-state index is -0.0924. The number of likely N-dealkylation sites (N-methyl/N-ethyl adjacent to an activating group) is 1. The minimum absolute atomic E-state index is 0.0924. The highest BCUT2D eigenvalue weighted by Crippen LogP contribution is 2.61. The highest BCUT2D eigenvalue weighted by Gasteiger charge is 2.54. The number of benzene rings is 1. The topological polar surface area (TPSA) is 12.0 Å². The van der Waals surface area contributed by atoms with Crippen molar-refractivity contribution in [2.24, 2.45) is 5.41 Å². The van der Waals surface area contributed by atoms with Gasteiger partial charge in [0, 0.05) is 12.0 Å². The lowest BCUT2D eigenvalue weighted by Gasteiger charge is -2.57. The van der Waals surface area contributed by atoms with E-state index in [2.05, 4.69) is 18.3 Å². The Kier molecular flexibility index (Phi) is 4.35. The molecular formula is C19H28FN. The lowest BCUT2D eigenvalue weighted by atomic mass is 9.48. The Morgan fingerprint density at radius 1 is 1.10 bits per heavy atom. The van der Waals surface area contributed by atoms with Crippen LogP contribution in [0.5, 0.6) is 0 Å². The Bertz CT molecular complexity index is 466. The van der Waals surface area contributed by atoms with Crippen molar-refractivity contribution >= 4 is 0 Å². The summed E-state index contributed by atoms with van der Waals surface area (Å²) < 4.78 is 13.7. The van der Waals surface area contributed by atoms with Gasteiger partial charge in [-0.2, -0.15) is 0 Å². The Hall–Kier alpha value is -0.890. The summed E-state index contributed by atoms with van der Waals surface area (Å²) in [6.07, 6.45) is 10.9. The molecule has 2 aliphatic rings. The fourth-order valence-corrected chi connectivity index (χ4v) is 4.83. The molecule has 21 heavy (non-hydrogen) atoms. The average Bonchev–Trinajstić information content (AvgIpc) is 2.69. The highest BCUT2D eigenvalue weighted by molar-refractivity contribution is 5.32. The molecule has 3 rings (SSSR count). The molecule has 0 atom stereocenters. The lowest BCUT2D eigenvalue weighted by Crippen LogP contribution is -2.54. The number of hydrogen-bond donors (Lipinski definition) is 1. The van der Waals surface area contributed by atoms with Crippen LogP contribution in [-0.2, 0) is 5.41 Å². The van der Waals surface area contributed by atoms with Gasteiger partial charge in [-0.05, 0) is 55.3 Å². The first-order valence-corrected chi connectivity index (χ1v) is 8.65. The molecule has 2 fully saturated rings. The number of rotatable bonds is 4. The fraction of sp³-hybridized carbons (Fsp3) is 0.684. The Morgan fingerprint density at radius 2 is 1.81 bits per heavy atom.